The van der Waals surface area contributed by atoms with Crippen molar-refractivity contribution in [3.8, 4) is 0 Å². The summed E-state index contributed by atoms with van der Waals surface area (Å²) in [5, 5.41) is 7.51. The molecule has 1 aliphatic rings. The lowest BCUT2D eigenvalue weighted by molar-refractivity contribution is 0.0702. The zero-order valence-electron chi connectivity index (χ0n) is 15.7. The molecule has 26 heavy (non-hydrogen) atoms. The molecular weight excluding hydrogens is 354 g/mol. The maximum Gasteiger partial charge on any atom is 0.191 e. The van der Waals surface area contributed by atoms with Crippen LogP contribution in [0.15, 0.2) is 23.3 Å². The van der Waals surface area contributed by atoms with Gasteiger partial charge in [0, 0.05) is 52.1 Å². The first-order valence-corrected chi connectivity index (χ1v) is 9.59. The van der Waals surface area contributed by atoms with E-state index in [9.17, 15) is 0 Å². The molecule has 0 saturated carbocycles. The molecule has 1 aromatic heterocycles. The van der Waals surface area contributed by atoms with Gasteiger partial charge in [-0.2, -0.15) is 0 Å². The number of hydrogen-bond acceptors (Lipinski definition) is 5. The van der Waals surface area contributed by atoms with E-state index in [1.54, 1.807) is 13.3 Å². The first kappa shape index (κ1) is 20.7. The number of halogens is 1. The van der Waals surface area contributed by atoms with E-state index in [0.29, 0.717) is 30.9 Å². The molecule has 0 spiro atoms. The Labute approximate surface area is 161 Å². The minimum atomic E-state index is 0.323. The van der Waals surface area contributed by atoms with Crippen molar-refractivity contribution in [2.24, 2.45) is 4.99 Å². The van der Waals surface area contributed by atoms with Crippen LogP contribution in [-0.4, -0.2) is 70.1 Å². The van der Waals surface area contributed by atoms with Crippen LogP contribution in [0.5, 0.6) is 0 Å². The Morgan fingerprint density at radius 1 is 1.42 bits per heavy atom. The highest BCUT2D eigenvalue weighted by Crippen LogP contribution is 2.25. The largest absolute Gasteiger partial charge is 0.382 e. The first-order valence-electron chi connectivity index (χ1n) is 9.21. The lowest BCUT2D eigenvalue weighted by atomic mass is 10.3. The summed E-state index contributed by atoms with van der Waals surface area (Å²) in [5.74, 6) is 1.71. The normalized spacial score (nSPS) is 17.6. The van der Waals surface area contributed by atoms with Crippen LogP contribution in [0.25, 0.3) is 0 Å². The number of ether oxygens (including phenoxy) is 2. The summed E-state index contributed by atoms with van der Waals surface area (Å²) in [4.78, 5) is 11.2. The first-order chi connectivity index (χ1) is 12.7. The number of nitrogens with one attached hydrogen (secondary N) is 2. The third kappa shape index (κ3) is 6.97. The Balaban J connectivity index is 1.77. The fourth-order valence-corrected chi connectivity index (χ4v) is 3.04. The second-order valence-corrected chi connectivity index (χ2v) is 6.51. The van der Waals surface area contributed by atoms with Crippen molar-refractivity contribution in [3.63, 3.8) is 0 Å². The predicted molar refractivity (Wildman–Crippen MR) is 106 cm³/mol. The Kier molecular flexibility index (Phi) is 9.52. The molecule has 0 aliphatic carbocycles. The number of rotatable bonds is 10. The predicted octanol–water partition coefficient (Wildman–Crippen LogP) is 1.92. The molecule has 2 heterocycles. The van der Waals surface area contributed by atoms with Gasteiger partial charge in [-0.25, -0.2) is 4.98 Å². The topological polar surface area (TPSA) is 71.0 Å². The van der Waals surface area contributed by atoms with Gasteiger partial charge in [-0.3, -0.25) is 4.99 Å². The van der Waals surface area contributed by atoms with Crippen molar-refractivity contribution in [1.82, 2.24) is 15.6 Å². The second-order valence-electron chi connectivity index (χ2n) is 6.10. The molecule has 1 fully saturated rings. The summed E-state index contributed by atoms with van der Waals surface area (Å²) in [5.41, 5.74) is 0. The van der Waals surface area contributed by atoms with Crippen LogP contribution in [0.4, 0.5) is 5.82 Å². The molecule has 1 unspecified atom stereocenters. The molecule has 0 bridgehead atoms. The van der Waals surface area contributed by atoms with E-state index in [0.717, 1.165) is 50.8 Å². The Hall–Kier alpha value is -1.57. The van der Waals surface area contributed by atoms with Crippen LogP contribution in [0, 0.1) is 0 Å². The zero-order valence-corrected chi connectivity index (χ0v) is 16.5. The van der Waals surface area contributed by atoms with E-state index in [2.05, 4.69) is 32.4 Å². The SMILES string of the molecule is CCNC(=NCCCOCCOC)NC1CCN(c2ncccc2Cl)C1. The summed E-state index contributed by atoms with van der Waals surface area (Å²) in [6.45, 7) is 7.38. The van der Waals surface area contributed by atoms with Gasteiger partial charge >= 0.3 is 0 Å². The van der Waals surface area contributed by atoms with Crippen LogP contribution in [0.2, 0.25) is 5.02 Å². The quantitative estimate of drug-likeness (QED) is 0.365. The van der Waals surface area contributed by atoms with Gasteiger partial charge in [-0.05, 0) is 31.9 Å². The number of hydrogen-bond donors (Lipinski definition) is 2. The van der Waals surface area contributed by atoms with Gasteiger partial charge in [0.15, 0.2) is 5.96 Å². The van der Waals surface area contributed by atoms with E-state index >= 15 is 0 Å². The number of aliphatic imine (C=N–C) groups is 1. The summed E-state index contributed by atoms with van der Waals surface area (Å²) in [6.07, 6.45) is 3.69. The second kappa shape index (κ2) is 11.9. The van der Waals surface area contributed by atoms with E-state index in [4.69, 9.17) is 21.1 Å². The van der Waals surface area contributed by atoms with Crippen molar-refractivity contribution in [3.05, 3.63) is 23.4 Å². The molecule has 1 aromatic rings. The number of anilines is 1. The van der Waals surface area contributed by atoms with Crippen molar-refractivity contribution < 1.29 is 9.47 Å². The fourth-order valence-electron chi connectivity index (χ4n) is 2.80. The lowest BCUT2D eigenvalue weighted by Crippen LogP contribution is -2.44. The van der Waals surface area contributed by atoms with Crippen molar-refractivity contribution in [2.45, 2.75) is 25.8 Å². The lowest BCUT2D eigenvalue weighted by Gasteiger charge is -2.20. The molecule has 0 aromatic carbocycles. The number of nitrogens with zero attached hydrogens (tertiary/aromatic N) is 3. The van der Waals surface area contributed by atoms with Crippen LogP contribution in [0.1, 0.15) is 19.8 Å². The maximum atomic E-state index is 6.26. The van der Waals surface area contributed by atoms with Gasteiger partial charge in [0.1, 0.15) is 5.82 Å². The standard InChI is InChI=1S/C18H30ClN5O2/c1-3-20-18(22-9-5-11-26-13-12-25-2)23-15-7-10-24(14-15)17-16(19)6-4-8-21-17/h4,6,8,15H,3,5,7,9-14H2,1-2H3,(H2,20,22,23). The molecule has 1 atom stereocenters. The highest BCUT2D eigenvalue weighted by Gasteiger charge is 2.25. The average Bonchev–Trinajstić information content (AvgIpc) is 3.09. The van der Waals surface area contributed by atoms with Crippen LogP contribution in [0.3, 0.4) is 0 Å². The molecule has 1 aliphatic heterocycles. The monoisotopic (exact) mass is 383 g/mol. The third-order valence-electron chi connectivity index (χ3n) is 4.06. The van der Waals surface area contributed by atoms with Gasteiger partial charge in [0.2, 0.25) is 0 Å². The summed E-state index contributed by atoms with van der Waals surface area (Å²) < 4.78 is 10.4. The van der Waals surface area contributed by atoms with Crippen LogP contribution >= 0.6 is 11.6 Å². The van der Waals surface area contributed by atoms with E-state index in [1.807, 2.05) is 12.1 Å². The molecule has 146 valence electrons. The van der Waals surface area contributed by atoms with Crippen LogP contribution < -0.4 is 15.5 Å². The fraction of sp³-hybridized carbons (Fsp3) is 0.667. The van der Waals surface area contributed by atoms with Gasteiger partial charge in [0.05, 0.1) is 18.2 Å². The average molecular weight is 384 g/mol. The minimum Gasteiger partial charge on any atom is -0.382 e. The number of aromatic nitrogens is 1. The van der Waals surface area contributed by atoms with Crippen LogP contribution in [-0.2, 0) is 9.47 Å². The molecule has 2 rings (SSSR count). The molecule has 8 heteroatoms. The van der Waals surface area contributed by atoms with E-state index in [1.165, 1.54) is 0 Å². The van der Waals surface area contributed by atoms with E-state index < -0.39 is 0 Å². The molecule has 1 saturated heterocycles. The molecule has 7 nitrogen and oxygen atoms in total. The van der Waals surface area contributed by atoms with Gasteiger partial charge in [-0.1, -0.05) is 11.6 Å². The van der Waals surface area contributed by atoms with Crippen molar-refractivity contribution in [1.29, 1.82) is 0 Å². The Bertz CT molecular complexity index is 558. The smallest absolute Gasteiger partial charge is 0.191 e. The molecule has 0 amide bonds. The van der Waals surface area contributed by atoms with Crippen molar-refractivity contribution >= 4 is 23.4 Å². The van der Waals surface area contributed by atoms with Gasteiger partial charge in [0.25, 0.3) is 0 Å². The Morgan fingerprint density at radius 3 is 3.08 bits per heavy atom. The highest BCUT2D eigenvalue weighted by molar-refractivity contribution is 6.32. The molecule has 0 radical (unpaired) electrons. The maximum absolute atomic E-state index is 6.26. The summed E-state index contributed by atoms with van der Waals surface area (Å²) >= 11 is 6.26. The van der Waals surface area contributed by atoms with Crippen molar-refractivity contribution in [2.75, 3.05) is 58.0 Å². The minimum absolute atomic E-state index is 0.323. The highest BCUT2D eigenvalue weighted by atomic mass is 35.5. The zero-order chi connectivity index (χ0) is 18.6. The number of guanidine groups is 1. The Morgan fingerprint density at radius 2 is 2.31 bits per heavy atom. The number of methoxy groups -OCH3 is 1. The van der Waals surface area contributed by atoms with Gasteiger partial charge in [-0.15, -0.1) is 0 Å². The molecular formula is C18H30ClN5O2. The third-order valence-corrected chi connectivity index (χ3v) is 4.36. The summed E-state index contributed by atoms with van der Waals surface area (Å²) in [6, 6.07) is 4.06. The number of pyridine rings is 1. The summed E-state index contributed by atoms with van der Waals surface area (Å²) in [7, 11) is 1.67. The van der Waals surface area contributed by atoms with E-state index in [-0.39, 0.29) is 0 Å². The van der Waals surface area contributed by atoms with Gasteiger partial charge < -0.3 is 25.0 Å². The molecule has 2 N–H and O–H groups in total.